The molecule has 8 heteroatoms. The molecule has 0 unspecified atom stereocenters. The van der Waals surface area contributed by atoms with Crippen LogP contribution in [0.15, 0.2) is 46.9 Å². The highest BCUT2D eigenvalue weighted by Crippen LogP contribution is 2.26. The van der Waals surface area contributed by atoms with Gasteiger partial charge in [-0.05, 0) is 56.0 Å². The number of Topliss-reactive ketones (excluding diaryl/α,β-unsaturated/α-hetero) is 1. The maximum atomic E-state index is 13.4. The van der Waals surface area contributed by atoms with E-state index in [0.29, 0.717) is 25.3 Å². The Morgan fingerprint density at radius 1 is 1.19 bits per heavy atom. The quantitative estimate of drug-likeness (QED) is 0.508. The van der Waals surface area contributed by atoms with Crippen LogP contribution in [0.5, 0.6) is 5.75 Å². The minimum Gasteiger partial charge on any atom is -0.484 e. The average molecular weight is 459 g/mol. The third-order valence-corrected chi connectivity index (χ3v) is 5.89. The van der Waals surface area contributed by atoms with E-state index in [-0.39, 0.29) is 35.0 Å². The molecule has 3 aromatic rings. The molecule has 2 heterocycles. The Morgan fingerprint density at radius 2 is 1.97 bits per heavy atom. The van der Waals surface area contributed by atoms with Crippen LogP contribution in [0, 0.1) is 18.7 Å². The van der Waals surface area contributed by atoms with Gasteiger partial charge in [-0.2, -0.15) is 0 Å². The van der Waals surface area contributed by atoms with E-state index in [0.717, 1.165) is 35.4 Å². The molecule has 1 aliphatic heterocycles. The molecule has 6 nitrogen and oxygen atoms in total. The first-order valence-electron chi connectivity index (χ1n) is 10.5. The number of aryl methyl sites for hydroxylation is 1. The number of hydrazine groups is 1. The number of piperidine rings is 1. The third-order valence-electron chi connectivity index (χ3n) is 5.58. The molecule has 1 aliphatic rings. The number of ketones is 1. The Bertz CT molecular complexity index is 1140. The highest BCUT2D eigenvalue weighted by atomic mass is 35.5. The minimum absolute atomic E-state index is 0.00132. The monoisotopic (exact) mass is 458 g/mol. The second-order valence-corrected chi connectivity index (χ2v) is 8.52. The molecular formula is C24H24ClFN2O4. The van der Waals surface area contributed by atoms with Gasteiger partial charge in [0, 0.05) is 31.0 Å². The van der Waals surface area contributed by atoms with Crippen LogP contribution in [0.3, 0.4) is 0 Å². The number of hydrogen-bond donors (Lipinski definition) is 1. The summed E-state index contributed by atoms with van der Waals surface area (Å²) in [5.74, 6) is -0.0487. The zero-order chi connectivity index (χ0) is 22.7. The van der Waals surface area contributed by atoms with Gasteiger partial charge in [0.2, 0.25) is 0 Å². The Kier molecular flexibility index (Phi) is 6.77. The van der Waals surface area contributed by atoms with Gasteiger partial charge >= 0.3 is 0 Å². The van der Waals surface area contributed by atoms with Gasteiger partial charge in [-0.1, -0.05) is 23.2 Å². The summed E-state index contributed by atoms with van der Waals surface area (Å²) in [6, 6.07) is 11.7. The molecule has 0 bridgehead atoms. The van der Waals surface area contributed by atoms with Crippen molar-refractivity contribution in [1.82, 2.24) is 10.4 Å². The molecule has 1 fully saturated rings. The molecule has 0 atom stereocenters. The van der Waals surface area contributed by atoms with E-state index in [1.807, 2.05) is 36.2 Å². The van der Waals surface area contributed by atoms with E-state index in [4.69, 9.17) is 20.8 Å². The molecule has 0 saturated carbocycles. The van der Waals surface area contributed by atoms with Crippen LogP contribution in [-0.2, 0) is 4.79 Å². The van der Waals surface area contributed by atoms with Gasteiger partial charge < -0.3 is 9.15 Å². The van der Waals surface area contributed by atoms with Gasteiger partial charge in [-0.25, -0.2) is 9.40 Å². The summed E-state index contributed by atoms with van der Waals surface area (Å²) in [6.07, 6.45) is 2.00. The molecule has 1 amide bonds. The van der Waals surface area contributed by atoms with E-state index in [9.17, 15) is 14.0 Å². The van der Waals surface area contributed by atoms with E-state index in [1.165, 1.54) is 12.1 Å². The molecule has 1 saturated heterocycles. The second kappa shape index (κ2) is 9.71. The first-order valence-corrected chi connectivity index (χ1v) is 10.9. The fourth-order valence-electron chi connectivity index (χ4n) is 3.84. The molecule has 2 aromatic carbocycles. The van der Waals surface area contributed by atoms with Crippen LogP contribution in [0.1, 0.15) is 35.4 Å². The van der Waals surface area contributed by atoms with Crippen molar-refractivity contribution in [3.05, 3.63) is 64.6 Å². The van der Waals surface area contributed by atoms with Crippen LogP contribution < -0.4 is 10.2 Å². The van der Waals surface area contributed by atoms with Crippen LogP contribution in [-0.4, -0.2) is 36.4 Å². The number of hydrogen-bond acceptors (Lipinski definition) is 5. The number of furan rings is 1. The number of rotatable bonds is 7. The lowest BCUT2D eigenvalue weighted by atomic mass is 9.92. The van der Waals surface area contributed by atoms with Crippen molar-refractivity contribution in [2.24, 2.45) is 5.92 Å². The van der Waals surface area contributed by atoms with Gasteiger partial charge in [0.25, 0.3) is 5.91 Å². The maximum absolute atomic E-state index is 13.4. The number of fused-ring (bicyclic) bond motifs is 1. The Hall–Kier alpha value is -2.90. The number of carbonyl (C=O) groups excluding carboxylic acids is 2. The Labute approximate surface area is 190 Å². The lowest BCUT2D eigenvalue weighted by molar-refractivity contribution is -0.128. The summed E-state index contributed by atoms with van der Waals surface area (Å²) in [4.78, 5) is 24.8. The topological polar surface area (TPSA) is 71.8 Å². The Balaban J connectivity index is 1.21. The lowest BCUT2D eigenvalue weighted by Crippen LogP contribution is -2.48. The van der Waals surface area contributed by atoms with E-state index < -0.39 is 5.82 Å². The molecule has 4 rings (SSSR count). The maximum Gasteiger partial charge on any atom is 0.272 e. The molecular weight excluding hydrogens is 435 g/mol. The van der Waals surface area contributed by atoms with Crippen molar-refractivity contribution in [3.8, 4) is 5.75 Å². The predicted molar refractivity (Wildman–Crippen MR) is 119 cm³/mol. The number of amides is 1. The van der Waals surface area contributed by atoms with Crippen molar-refractivity contribution in [2.45, 2.75) is 26.2 Å². The molecule has 168 valence electrons. The van der Waals surface area contributed by atoms with Gasteiger partial charge in [-0.3, -0.25) is 15.0 Å². The van der Waals surface area contributed by atoms with Crippen molar-refractivity contribution in [1.29, 1.82) is 0 Å². The molecule has 32 heavy (non-hydrogen) atoms. The van der Waals surface area contributed by atoms with E-state index in [1.54, 1.807) is 0 Å². The van der Waals surface area contributed by atoms with Crippen molar-refractivity contribution in [3.63, 3.8) is 0 Å². The summed E-state index contributed by atoms with van der Waals surface area (Å²) < 4.78 is 24.5. The van der Waals surface area contributed by atoms with Crippen molar-refractivity contribution in [2.75, 3.05) is 19.7 Å². The number of carbonyl (C=O) groups is 2. The number of ether oxygens (including phenoxy) is 1. The van der Waals surface area contributed by atoms with Crippen LogP contribution in [0.2, 0.25) is 5.02 Å². The average Bonchev–Trinajstić information content (AvgIpc) is 3.19. The molecule has 1 N–H and O–H groups in total. The summed E-state index contributed by atoms with van der Waals surface area (Å²) >= 11 is 5.63. The highest BCUT2D eigenvalue weighted by Gasteiger charge is 2.24. The largest absolute Gasteiger partial charge is 0.484 e. The van der Waals surface area contributed by atoms with Gasteiger partial charge in [0.1, 0.15) is 17.1 Å². The fraction of sp³-hybridized carbons (Fsp3) is 0.333. The smallest absolute Gasteiger partial charge is 0.272 e. The zero-order valence-electron chi connectivity index (χ0n) is 17.7. The molecule has 0 radical (unpaired) electrons. The highest BCUT2D eigenvalue weighted by molar-refractivity contribution is 6.30. The molecule has 0 aliphatic carbocycles. The fourth-order valence-corrected chi connectivity index (χ4v) is 3.95. The van der Waals surface area contributed by atoms with Crippen LogP contribution >= 0.6 is 11.6 Å². The minimum atomic E-state index is -0.598. The van der Waals surface area contributed by atoms with Crippen LogP contribution in [0.4, 0.5) is 4.39 Å². The van der Waals surface area contributed by atoms with Gasteiger partial charge in [0.15, 0.2) is 18.2 Å². The van der Waals surface area contributed by atoms with E-state index in [2.05, 4.69) is 5.43 Å². The van der Waals surface area contributed by atoms with Gasteiger partial charge in [-0.15, -0.1) is 0 Å². The normalized spacial score (nSPS) is 15.1. The van der Waals surface area contributed by atoms with Crippen molar-refractivity contribution < 1.29 is 23.1 Å². The number of benzene rings is 2. The van der Waals surface area contributed by atoms with Crippen molar-refractivity contribution >= 4 is 34.3 Å². The lowest BCUT2D eigenvalue weighted by Gasteiger charge is -2.31. The first kappa shape index (κ1) is 22.3. The first-order chi connectivity index (χ1) is 15.4. The number of nitrogens with one attached hydrogen (secondary N) is 1. The van der Waals surface area contributed by atoms with Crippen LogP contribution in [0.25, 0.3) is 11.0 Å². The van der Waals surface area contributed by atoms with Gasteiger partial charge in [0.05, 0.1) is 5.02 Å². The zero-order valence-corrected chi connectivity index (χ0v) is 18.5. The number of nitrogens with zero attached hydrogens (tertiary/aromatic N) is 1. The van der Waals surface area contributed by atoms with E-state index >= 15 is 0 Å². The predicted octanol–water partition coefficient (Wildman–Crippen LogP) is 4.93. The number of halogens is 2. The summed E-state index contributed by atoms with van der Waals surface area (Å²) in [6.45, 7) is 3.05. The molecule has 0 spiro atoms. The SMILES string of the molecule is Cc1ccc2oc(C(=O)CC3CCN(NC(=O)COc4ccc(Cl)c(F)c4)CC3)cc2c1. The molecule has 1 aromatic heterocycles. The summed E-state index contributed by atoms with van der Waals surface area (Å²) in [7, 11) is 0. The summed E-state index contributed by atoms with van der Waals surface area (Å²) in [5, 5.41) is 2.76. The second-order valence-electron chi connectivity index (χ2n) is 8.11. The summed E-state index contributed by atoms with van der Waals surface area (Å²) in [5.41, 5.74) is 4.63. The third kappa shape index (κ3) is 5.47. The Morgan fingerprint density at radius 3 is 2.72 bits per heavy atom. The standard InChI is InChI=1S/C24H24ClFN2O4/c1-15-2-5-22-17(10-15)12-23(32-22)21(29)11-16-6-8-28(9-7-16)27-24(30)14-31-18-3-4-19(25)20(26)13-18/h2-5,10,12-13,16H,6-9,11,14H2,1H3,(H,27,30).